The predicted molar refractivity (Wildman–Crippen MR) is 56.9 cm³/mol. The Kier molecular flexibility index (Phi) is 3.85. The number of halogens is 1. The largest absolute Gasteiger partial charge is 0.480 e. The number of carbonyl (C=O) groups is 1. The molecule has 0 saturated carbocycles. The zero-order chi connectivity index (χ0) is 11.4. The highest BCUT2D eigenvalue weighted by atomic mass is 35.5. The second-order valence-corrected chi connectivity index (χ2v) is 3.82. The fourth-order valence-electron chi connectivity index (χ4n) is 1.09. The van der Waals surface area contributed by atoms with E-state index in [0.29, 0.717) is 5.82 Å². The molecule has 0 spiro atoms. The number of nitrogens with one attached hydrogen (secondary N) is 1. The van der Waals surface area contributed by atoms with Crippen LogP contribution in [0, 0.1) is 5.92 Å². The minimum Gasteiger partial charge on any atom is -0.480 e. The van der Waals surface area contributed by atoms with E-state index in [4.69, 9.17) is 16.7 Å². The van der Waals surface area contributed by atoms with Gasteiger partial charge in [-0.15, -0.1) is 0 Å². The summed E-state index contributed by atoms with van der Waals surface area (Å²) in [7, 11) is 0. The van der Waals surface area contributed by atoms with Gasteiger partial charge in [0.25, 0.3) is 0 Å². The molecule has 1 aromatic heterocycles. The molecule has 1 aromatic rings. The summed E-state index contributed by atoms with van der Waals surface area (Å²) in [6, 6.07) is 0.802. The number of rotatable bonds is 4. The first-order chi connectivity index (χ1) is 7.00. The molecule has 0 saturated heterocycles. The minimum absolute atomic E-state index is 0.0451. The maximum Gasteiger partial charge on any atom is 0.326 e. The smallest absolute Gasteiger partial charge is 0.326 e. The van der Waals surface area contributed by atoms with Crippen LogP contribution >= 0.6 is 11.6 Å². The SMILES string of the molecule is CC(C)[C@H](Nc1cc(Cl)ncn1)C(=O)O. The van der Waals surface area contributed by atoms with Gasteiger partial charge in [0.15, 0.2) is 0 Å². The van der Waals surface area contributed by atoms with Crippen molar-refractivity contribution in [3.63, 3.8) is 0 Å². The van der Waals surface area contributed by atoms with Crippen molar-refractivity contribution in [2.45, 2.75) is 19.9 Å². The minimum atomic E-state index is -0.917. The van der Waals surface area contributed by atoms with Crippen LogP contribution in [-0.4, -0.2) is 27.1 Å². The fourth-order valence-corrected chi connectivity index (χ4v) is 1.23. The molecule has 1 heterocycles. The Hall–Kier alpha value is -1.36. The maximum atomic E-state index is 10.9. The number of nitrogens with zero attached hydrogens (tertiary/aromatic N) is 2. The predicted octanol–water partition coefficient (Wildman–Crippen LogP) is 1.65. The summed E-state index contributed by atoms with van der Waals surface area (Å²) in [5.41, 5.74) is 0. The quantitative estimate of drug-likeness (QED) is 0.768. The lowest BCUT2D eigenvalue weighted by Gasteiger charge is -2.18. The van der Waals surface area contributed by atoms with E-state index in [1.807, 2.05) is 13.8 Å². The van der Waals surface area contributed by atoms with Crippen molar-refractivity contribution in [3.8, 4) is 0 Å². The van der Waals surface area contributed by atoms with Gasteiger partial charge in [0, 0.05) is 6.07 Å². The lowest BCUT2D eigenvalue weighted by Crippen LogP contribution is -2.34. The molecular formula is C9H12ClN3O2. The van der Waals surface area contributed by atoms with Crippen molar-refractivity contribution in [2.24, 2.45) is 5.92 Å². The number of hydrogen-bond donors (Lipinski definition) is 2. The Labute approximate surface area is 92.5 Å². The molecule has 0 aliphatic rings. The number of aliphatic carboxylic acids is 1. The van der Waals surface area contributed by atoms with Gasteiger partial charge in [-0.1, -0.05) is 25.4 Å². The second-order valence-electron chi connectivity index (χ2n) is 3.43. The van der Waals surface area contributed by atoms with E-state index in [1.165, 1.54) is 12.4 Å². The van der Waals surface area contributed by atoms with Crippen LogP contribution in [0.3, 0.4) is 0 Å². The number of carboxylic acid groups (broad SMARTS) is 1. The summed E-state index contributed by atoms with van der Waals surface area (Å²) in [5.74, 6) is -0.549. The zero-order valence-corrected chi connectivity index (χ0v) is 9.19. The third kappa shape index (κ3) is 3.36. The van der Waals surface area contributed by atoms with Gasteiger partial charge in [0.05, 0.1) is 0 Å². The zero-order valence-electron chi connectivity index (χ0n) is 8.44. The summed E-state index contributed by atoms with van der Waals surface area (Å²) in [6.45, 7) is 3.63. The summed E-state index contributed by atoms with van der Waals surface area (Å²) in [5, 5.41) is 12.0. The van der Waals surface area contributed by atoms with E-state index < -0.39 is 12.0 Å². The van der Waals surface area contributed by atoms with Crippen molar-refractivity contribution < 1.29 is 9.90 Å². The molecule has 0 radical (unpaired) electrons. The molecule has 0 unspecified atom stereocenters. The summed E-state index contributed by atoms with van der Waals surface area (Å²) in [4.78, 5) is 18.5. The Bertz CT molecular complexity index is 357. The molecule has 0 aliphatic carbocycles. The average molecular weight is 230 g/mol. The lowest BCUT2D eigenvalue weighted by atomic mass is 10.1. The summed E-state index contributed by atoms with van der Waals surface area (Å²) >= 11 is 5.65. The van der Waals surface area contributed by atoms with Gasteiger partial charge in [-0.05, 0) is 5.92 Å². The van der Waals surface area contributed by atoms with Gasteiger partial charge in [-0.25, -0.2) is 14.8 Å². The Balaban J connectivity index is 2.79. The highest BCUT2D eigenvalue weighted by Gasteiger charge is 2.21. The second kappa shape index (κ2) is 4.93. The van der Waals surface area contributed by atoms with Crippen molar-refractivity contribution in [1.29, 1.82) is 0 Å². The normalized spacial score (nSPS) is 12.5. The van der Waals surface area contributed by atoms with Crippen LogP contribution in [0.4, 0.5) is 5.82 Å². The lowest BCUT2D eigenvalue weighted by molar-refractivity contribution is -0.138. The van der Waals surface area contributed by atoms with Gasteiger partial charge in [-0.3, -0.25) is 0 Å². The maximum absolute atomic E-state index is 10.9. The van der Waals surface area contributed by atoms with Crippen LogP contribution in [0.5, 0.6) is 0 Å². The van der Waals surface area contributed by atoms with Gasteiger partial charge in [-0.2, -0.15) is 0 Å². The first kappa shape index (κ1) is 11.7. The van der Waals surface area contributed by atoms with Crippen LogP contribution in [-0.2, 0) is 4.79 Å². The standard InChI is InChI=1S/C9H12ClN3O2/c1-5(2)8(9(14)15)13-7-3-6(10)11-4-12-7/h3-5,8H,1-2H3,(H,14,15)(H,11,12,13)/t8-/m0/s1. The summed E-state index contributed by atoms with van der Waals surface area (Å²) in [6.07, 6.45) is 1.28. The molecule has 0 fully saturated rings. The molecule has 0 aromatic carbocycles. The van der Waals surface area contributed by atoms with Crippen molar-refractivity contribution in [3.05, 3.63) is 17.5 Å². The van der Waals surface area contributed by atoms with Crippen LogP contribution in [0.15, 0.2) is 12.4 Å². The third-order valence-electron chi connectivity index (χ3n) is 1.87. The van der Waals surface area contributed by atoms with Gasteiger partial charge < -0.3 is 10.4 Å². The van der Waals surface area contributed by atoms with Crippen LogP contribution < -0.4 is 5.32 Å². The van der Waals surface area contributed by atoms with Gasteiger partial charge >= 0.3 is 5.97 Å². The van der Waals surface area contributed by atoms with Gasteiger partial charge in [0.1, 0.15) is 23.3 Å². The molecule has 0 bridgehead atoms. The molecular weight excluding hydrogens is 218 g/mol. The highest BCUT2D eigenvalue weighted by Crippen LogP contribution is 2.13. The molecule has 82 valence electrons. The molecule has 1 rings (SSSR count). The molecule has 5 nitrogen and oxygen atoms in total. The first-order valence-electron chi connectivity index (χ1n) is 4.47. The van der Waals surface area contributed by atoms with Crippen molar-refractivity contribution in [2.75, 3.05) is 5.32 Å². The Morgan fingerprint density at radius 1 is 1.53 bits per heavy atom. The third-order valence-corrected chi connectivity index (χ3v) is 2.08. The first-order valence-corrected chi connectivity index (χ1v) is 4.85. The van der Waals surface area contributed by atoms with Crippen LogP contribution in [0.1, 0.15) is 13.8 Å². The monoisotopic (exact) mass is 229 g/mol. The van der Waals surface area contributed by atoms with Crippen LogP contribution in [0.25, 0.3) is 0 Å². The van der Waals surface area contributed by atoms with E-state index in [1.54, 1.807) is 0 Å². The topological polar surface area (TPSA) is 75.1 Å². The molecule has 0 amide bonds. The molecule has 2 N–H and O–H groups in total. The van der Waals surface area contributed by atoms with Gasteiger partial charge in [0.2, 0.25) is 0 Å². The number of aromatic nitrogens is 2. The Morgan fingerprint density at radius 3 is 2.67 bits per heavy atom. The fraction of sp³-hybridized carbons (Fsp3) is 0.444. The average Bonchev–Trinajstić information content (AvgIpc) is 2.13. The summed E-state index contributed by atoms with van der Waals surface area (Å²) < 4.78 is 0. The van der Waals surface area contributed by atoms with E-state index in [0.717, 1.165) is 0 Å². The number of hydrogen-bond acceptors (Lipinski definition) is 4. The highest BCUT2D eigenvalue weighted by molar-refractivity contribution is 6.29. The molecule has 6 heteroatoms. The number of carboxylic acids is 1. The van der Waals surface area contributed by atoms with E-state index in [9.17, 15) is 4.79 Å². The molecule has 1 atom stereocenters. The van der Waals surface area contributed by atoms with E-state index in [2.05, 4.69) is 15.3 Å². The molecule has 15 heavy (non-hydrogen) atoms. The van der Waals surface area contributed by atoms with Crippen LogP contribution in [0.2, 0.25) is 5.15 Å². The molecule has 0 aliphatic heterocycles. The van der Waals surface area contributed by atoms with E-state index in [-0.39, 0.29) is 11.1 Å². The van der Waals surface area contributed by atoms with Crippen molar-refractivity contribution >= 4 is 23.4 Å². The van der Waals surface area contributed by atoms with E-state index >= 15 is 0 Å². The number of anilines is 1. The van der Waals surface area contributed by atoms with Crippen molar-refractivity contribution in [1.82, 2.24) is 9.97 Å². The Morgan fingerprint density at radius 2 is 2.20 bits per heavy atom.